The molecule has 0 fully saturated rings. The average molecular weight is 242 g/mol. The molecule has 2 heteroatoms. The highest BCUT2D eigenvalue weighted by Gasteiger charge is 2.08. The first kappa shape index (κ1) is 12.5. The normalized spacial score (nSPS) is 12.1. The van der Waals surface area contributed by atoms with Crippen LogP contribution in [-0.4, -0.2) is 11.7 Å². The van der Waals surface area contributed by atoms with Crippen molar-refractivity contribution in [3.63, 3.8) is 0 Å². The van der Waals surface area contributed by atoms with E-state index in [9.17, 15) is 5.11 Å². The highest BCUT2D eigenvalue weighted by Crippen LogP contribution is 2.26. The van der Waals surface area contributed by atoms with Gasteiger partial charge in [0.15, 0.2) is 0 Å². The van der Waals surface area contributed by atoms with Gasteiger partial charge < -0.3 is 9.84 Å². The van der Waals surface area contributed by atoms with Gasteiger partial charge in [0.25, 0.3) is 0 Å². The molecular formula is C16H18O2. The van der Waals surface area contributed by atoms with Gasteiger partial charge in [-0.25, -0.2) is 0 Å². The van der Waals surface area contributed by atoms with Gasteiger partial charge >= 0.3 is 0 Å². The summed E-state index contributed by atoms with van der Waals surface area (Å²) in [7, 11) is 0. The first-order chi connectivity index (χ1) is 8.70. The number of hydrogen-bond acceptors (Lipinski definition) is 2. The number of hydrogen-bond donors (Lipinski definition) is 1. The molecule has 0 amide bonds. The smallest absolute Gasteiger partial charge is 0.119 e. The van der Waals surface area contributed by atoms with Crippen molar-refractivity contribution in [1.82, 2.24) is 0 Å². The summed E-state index contributed by atoms with van der Waals surface area (Å²) < 4.78 is 5.43. The van der Waals surface area contributed by atoms with Crippen LogP contribution in [0.4, 0.5) is 0 Å². The van der Waals surface area contributed by atoms with Gasteiger partial charge in [-0.1, -0.05) is 31.2 Å². The van der Waals surface area contributed by atoms with Crippen molar-refractivity contribution in [2.75, 3.05) is 6.61 Å². The van der Waals surface area contributed by atoms with Gasteiger partial charge in [0, 0.05) is 5.92 Å². The molecule has 1 unspecified atom stereocenters. The maximum absolute atomic E-state index is 9.29. The molecule has 0 aliphatic heterocycles. The largest absolute Gasteiger partial charge is 0.508 e. The van der Waals surface area contributed by atoms with Crippen molar-refractivity contribution < 1.29 is 9.84 Å². The Morgan fingerprint density at radius 1 is 0.944 bits per heavy atom. The minimum Gasteiger partial charge on any atom is -0.508 e. The second-order valence-electron chi connectivity index (χ2n) is 4.32. The summed E-state index contributed by atoms with van der Waals surface area (Å²) in [6.45, 7) is 4.82. The fourth-order valence-electron chi connectivity index (χ4n) is 1.97. The summed E-state index contributed by atoms with van der Waals surface area (Å²) in [5.41, 5.74) is 2.43. The van der Waals surface area contributed by atoms with E-state index in [0.29, 0.717) is 18.3 Å². The van der Waals surface area contributed by atoms with Crippen LogP contribution < -0.4 is 4.74 Å². The first-order valence-electron chi connectivity index (χ1n) is 6.22. The van der Waals surface area contributed by atoms with E-state index >= 15 is 0 Å². The fourth-order valence-corrected chi connectivity index (χ4v) is 1.97. The molecule has 0 aliphatic rings. The van der Waals surface area contributed by atoms with Crippen molar-refractivity contribution in [3.8, 4) is 11.5 Å². The summed E-state index contributed by atoms with van der Waals surface area (Å²) in [6, 6.07) is 15.5. The van der Waals surface area contributed by atoms with E-state index < -0.39 is 0 Å². The Morgan fingerprint density at radius 2 is 1.44 bits per heavy atom. The zero-order valence-corrected chi connectivity index (χ0v) is 10.8. The van der Waals surface area contributed by atoms with Crippen LogP contribution in [0.15, 0.2) is 48.5 Å². The van der Waals surface area contributed by atoms with Crippen molar-refractivity contribution >= 4 is 0 Å². The molecule has 2 nitrogen and oxygen atoms in total. The van der Waals surface area contributed by atoms with E-state index in [1.165, 1.54) is 11.1 Å². The summed E-state index contributed by atoms with van der Waals surface area (Å²) >= 11 is 0. The zero-order valence-electron chi connectivity index (χ0n) is 10.8. The van der Waals surface area contributed by atoms with E-state index in [4.69, 9.17) is 4.74 Å². The van der Waals surface area contributed by atoms with E-state index in [-0.39, 0.29) is 0 Å². The van der Waals surface area contributed by atoms with Crippen LogP contribution in [0.3, 0.4) is 0 Å². The third-order valence-corrected chi connectivity index (χ3v) is 3.08. The van der Waals surface area contributed by atoms with Crippen LogP contribution in [0.1, 0.15) is 30.9 Å². The third kappa shape index (κ3) is 2.83. The molecule has 1 N–H and O–H groups in total. The third-order valence-electron chi connectivity index (χ3n) is 3.08. The Balaban J connectivity index is 2.17. The topological polar surface area (TPSA) is 29.5 Å². The minimum atomic E-state index is 0.303. The van der Waals surface area contributed by atoms with Gasteiger partial charge in [0.2, 0.25) is 0 Å². The molecule has 94 valence electrons. The van der Waals surface area contributed by atoms with Crippen LogP contribution in [0.5, 0.6) is 11.5 Å². The minimum absolute atomic E-state index is 0.303. The van der Waals surface area contributed by atoms with Gasteiger partial charge in [-0.05, 0) is 42.3 Å². The molecule has 2 rings (SSSR count). The van der Waals surface area contributed by atoms with Crippen LogP contribution in [0.25, 0.3) is 0 Å². The quantitative estimate of drug-likeness (QED) is 0.879. The van der Waals surface area contributed by atoms with E-state index in [0.717, 1.165) is 5.75 Å². The van der Waals surface area contributed by atoms with Crippen molar-refractivity contribution in [3.05, 3.63) is 59.7 Å². The molecule has 0 saturated carbocycles. The second kappa shape index (κ2) is 5.58. The summed E-state index contributed by atoms with van der Waals surface area (Å²) in [4.78, 5) is 0. The van der Waals surface area contributed by atoms with Crippen LogP contribution in [0, 0.1) is 0 Å². The lowest BCUT2D eigenvalue weighted by Gasteiger charge is -2.13. The first-order valence-corrected chi connectivity index (χ1v) is 6.22. The number of phenolic OH excluding ortho intramolecular Hbond substituents is 1. The molecule has 0 radical (unpaired) electrons. The molecular weight excluding hydrogens is 224 g/mol. The fraction of sp³-hybridized carbons (Fsp3) is 0.250. The predicted octanol–water partition coefficient (Wildman–Crippen LogP) is 3.94. The highest BCUT2D eigenvalue weighted by atomic mass is 16.5. The standard InChI is InChI=1S/C16H18O2/c1-3-18-16-10-6-14(7-11-16)12(2)13-4-8-15(17)9-5-13/h4-12,17H,3H2,1-2H3. The molecule has 0 heterocycles. The lowest BCUT2D eigenvalue weighted by atomic mass is 9.93. The Morgan fingerprint density at radius 3 is 1.94 bits per heavy atom. The molecule has 0 spiro atoms. The maximum atomic E-state index is 9.29. The average Bonchev–Trinajstić information content (AvgIpc) is 2.40. The van der Waals surface area contributed by atoms with Gasteiger partial charge in [-0.15, -0.1) is 0 Å². The molecule has 1 atom stereocenters. The van der Waals surface area contributed by atoms with Crippen LogP contribution in [-0.2, 0) is 0 Å². The Labute approximate surface area is 108 Å². The van der Waals surface area contributed by atoms with Crippen LogP contribution in [0.2, 0.25) is 0 Å². The highest BCUT2D eigenvalue weighted by molar-refractivity contribution is 5.37. The Bertz CT molecular complexity index is 486. The molecule has 0 aromatic heterocycles. The van der Waals surface area contributed by atoms with Gasteiger partial charge in [0.1, 0.15) is 11.5 Å². The van der Waals surface area contributed by atoms with Crippen molar-refractivity contribution in [1.29, 1.82) is 0 Å². The van der Waals surface area contributed by atoms with E-state index in [1.807, 2.05) is 31.2 Å². The van der Waals surface area contributed by atoms with Crippen LogP contribution >= 0.6 is 0 Å². The number of rotatable bonds is 4. The predicted molar refractivity (Wildman–Crippen MR) is 73.2 cm³/mol. The van der Waals surface area contributed by atoms with Gasteiger partial charge in [-0.3, -0.25) is 0 Å². The second-order valence-corrected chi connectivity index (χ2v) is 4.32. The number of ether oxygens (including phenoxy) is 1. The zero-order chi connectivity index (χ0) is 13.0. The lowest BCUT2D eigenvalue weighted by molar-refractivity contribution is 0.340. The van der Waals surface area contributed by atoms with E-state index in [2.05, 4.69) is 19.1 Å². The number of phenols is 1. The number of aromatic hydroxyl groups is 1. The summed E-state index contributed by atoms with van der Waals surface area (Å²) in [6.07, 6.45) is 0. The lowest BCUT2D eigenvalue weighted by Crippen LogP contribution is -1.96. The molecule has 0 bridgehead atoms. The summed E-state index contributed by atoms with van der Waals surface area (Å²) in [5, 5.41) is 9.29. The van der Waals surface area contributed by atoms with E-state index in [1.54, 1.807) is 12.1 Å². The van der Waals surface area contributed by atoms with Crippen molar-refractivity contribution in [2.24, 2.45) is 0 Å². The number of benzene rings is 2. The molecule has 0 aliphatic carbocycles. The van der Waals surface area contributed by atoms with Crippen molar-refractivity contribution in [2.45, 2.75) is 19.8 Å². The summed E-state index contributed by atoms with van der Waals surface area (Å²) in [5.74, 6) is 1.51. The monoisotopic (exact) mass is 242 g/mol. The molecule has 2 aromatic carbocycles. The Kier molecular flexibility index (Phi) is 3.88. The molecule has 18 heavy (non-hydrogen) atoms. The van der Waals surface area contributed by atoms with Gasteiger partial charge in [0.05, 0.1) is 6.61 Å². The molecule has 2 aromatic rings. The maximum Gasteiger partial charge on any atom is 0.119 e. The van der Waals surface area contributed by atoms with Gasteiger partial charge in [-0.2, -0.15) is 0 Å². The molecule has 0 saturated heterocycles. The Hall–Kier alpha value is -1.96. The SMILES string of the molecule is CCOc1ccc(C(C)c2ccc(O)cc2)cc1.